The molecular formula is C19H15FN2O4. The molecule has 0 aromatic heterocycles. The van der Waals surface area contributed by atoms with E-state index in [-0.39, 0.29) is 23.4 Å². The number of esters is 1. The Hall–Kier alpha value is -3.40. The van der Waals surface area contributed by atoms with E-state index in [1.807, 2.05) is 6.07 Å². The second-order valence-corrected chi connectivity index (χ2v) is 5.69. The van der Waals surface area contributed by atoms with E-state index in [9.17, 15) is 19.2 Å². The van der Waals surface area contributed by atoms with Gasteiger partial charge in [0.1, 0.15) is 17.6 Å². The molecule has 1 atom stereocenters. The lowest BCUT2D eigenvalue weighted by atomic mass is 10.0. The number of fused-ring (bicyclic) bond motifs is 1. The molecule has 0 fully saturated rings. The van der Waals surface area contributed by atoms with E-state index in [1.165, 1.54) is 31.3 Å². The number of hydrogen-bond acceptors (Lipinski definition) is 5. The van der Waals surface area contributed by atoms with Crippen molar-refractivity contribution in [2.45, 2.75) is 12.6 Å². The number of amides is 1. The second-order valence-electron chi connectivity index (χ2n) is 5.69. The van der Waals surface area contributed by atoms with Crippen LogP contribution in [0.15, 0.2) is 36.4 Å². The summed E-state index contributed by atoms with van der Waals surface area (Å²) >= 11 is 0. The smallest absolute Gasteiger partial charge is 0.337 e. The standard InChI is InChI=1S/C19H15FN2O4/c1-25-15-8-7-13(20)16-14(9-21)22(18(23)17(15)16)10-11-3-5-12(6-4-11)19(24)26-2/h3-8,14H,10H2,1-2H3. The number of halogens is 1. The van der Waals surface area contributed by atoms with Crippen molar-refractivity contribution in [3.8, 4) is 11.8 Å². The summed E-state index contributed by atoms with van der Waals surface area (Å²) in [6, 6.07) is 9.94. The maximum absolute atomic E-state index is 14.3. The van der Waals surface area contributed by atoms with Gasteiger partial charge < -0.3 is 14.4 Å². The fourth-order valence-corrected chi connectivity index (χ4v) is 3.01. The molecule has 1 aliphatic heterocycles. The van der Waals surface area contributed by atoms with Gasteiger partial charge in [0.2, 0.25) is 0 Å². The Morgan fingerprint density at radius 2 is 1.92 bits per heavy atom. The lowest BCUT2D eigenvalue weighted by Gasteiger charge is -2.20. The first-order valence-electron chi connectivity index (χ1n) is 7.76. The molecule has 1 aliphatic rings. The molecule has 1 unspecified atom stereocenters. The molecule has 0 spiro atoms. The highest BCUT2D eigenvalue weighted by Gasteiger charge is 2.41. The predicted molar refractivity (Wildman–Crippen MR) is 89.0 cm³/mol. The highest BCUT2D eigenvalue weighted by molar-refractivity contribution is 6.02. The average Bonchev–Trinajstić information content (AvgIpc) is 2.95. The molecule has 0 bridgehead atoms. The van der Waals surface area contributed by atoms with Crippen molar-refractivity contribution in [1.82, 2.24) is 4.90 Å². The van der Waals surface area contributed by atoms with E-state index in [2.05, 4.69) is 4.74 Å². The van der Waals surface area contributed by atoms with Crippen LogP contribution < -0.4 is 4.74 Å². The normalized spacial score (nSPS) is 15.4. The van der Waals surface area contributed by atoms with Crippen molar-refractivity contribution < 1.29 is 23.5 Å². The molecule has 7 heteroatoms. The molecule has 0 saturated carbocycles. The van der Waals surface area contributed by atoms with Crippen LogP contribution in [0.1, 0.15) is 37.9 Å². The highest BCUT2D eigenvalue weighted by atomic mass is 19.1. The van der Waals surface area contributed by atoms with Gasteiger partial charge in [0.05, 0.1) is 31.4 Å². The summed E-state index contributed by atoms with van der Waals surface area (Å²) in [6.07, 6.45) is 0. The minimum Gasteiger partial charge on any atom is -0.496 e. The van der Waals surface area contributed by atoms with Crippen molar-refractivity contribution in [3.63, 3.8) is 0 Å². The Labute approximate surface area is 149 Å². The third-order valence-corrected chi connectivity index (χ3v) is 4.28. The molecule has 3 rings (SSSR count). The topological polar surface area (TPSA) is 79.6 Å². The monoisotopic (exact) mass is 354 g/mol. The number of ether oxygens (including phenoxy) is 2. The maximum Gasteiger partial charge on any atom is 0.337 e. The van der Waals surface area contributed by atoms with Gasteiger partial charge in [0.25, 0.3) is 5.91 Å². The average molecular weight is 354 g/mol. The molecule has 2 aromatic rings. The zero-order valence-corrected chi connectivity index (χ0v) is 14.2. The zero-order chi connectivity index (χ0) is 18.8. The summed E-state index contributed by atoms with van der Waals surface area (Å²) in [5.41, 5.74) is 1.17. The maximum atomic E-state index is 14.3. The third-order valence-electron chi connectivity index (χ3n) is 4.28. The summed E-state index contributed by atoms with van der Waals surface area (Å²) in [5.74, 6) is -1.33. The van der Waals surface area contributed by atoms with Gasteiger partial charge in [-0.3, -0.25) is 4.79 Å². The van der Waals surface area contributed by atoms with Crippen LogP contribution in [0.2, 0.25) is 0 Å². The Bertz CT molecular complexity index is 918. The van der Waals surface area contributed by atoms with E-state index in [1.54, 1.807) is 24.3 Å². The summed E-state index contributed by atoms with van der Waals surface area (Å²) in [7, 11) is 2.67. The summed E-state index contributed by atoms with van der Waals surface area (Å²) in [5, 5.41) is 9.50. The van der Waals surface area contributed by atoms with Crippen molar-refractivity contribution in [1.29, 1.82) is 5.26 Å². The molecule has 6 nitrogen and oxygen atoms in total. The van der Waals surface area contributed by atoms with Crippen LogP contribution in [-0.4, -0.2) is 31.0 Å². The Kier molecular flexibility index (Phi) is 4.59. The molecule has 0 N–H and O–H groups in total. The number of rotatable bonds is 4. The van der Waals surface area contributed by atoms with Gasteiger partial charge in [-0.1, -0.05) is 12.1 Å². The first-order valence-corrected chi connectivity index (χ1v) is 7.76. The molecule has 1 amide bonds. The number of nitrogens with zero attached hydrogens (tertiary/aromatic N) is 2. The number of benzene rings is 2. The second kappa shape index (κ2) is 6.84. The molecule has 1 heterocycles. The Morgan fingerprint density at radius 1 is 1.23 bits per heavy atom. The summed E-state index contributed by atoms with van der Waals surface area (Å²) in [4.78, 5) is 25.6. The molecule has 26 heavy (non-hydrogen) atoms. The SMILES string of the molecule is COC(=O)c1ccc(CN2C(=O)c3c(OC)ccc(F)c3C2C#N)cc1. The van der Waals surface area contributed by atoms with Gasteiger partial charge in [-0.05, 0) is 29.8 Å². The zero-order valence-electron chi connectivity index (χ0n) is 14.2. The minimum absolute atomic E-state index is 0.0306. The summed E-state index contributed by atoms with van der Waals surface area (Å²) in [6.45, 7) is 0.0930. The van der Waals surface area contributed by atoms with Crippen LogP contribution in [0.4, 0.5) is 4.39 Å². The van der Waals surface area contributed by atoms with Gasteiger partial charge in [0.15, 0.2) is 0 Å². The van der Waals surface area contributed by atoms with Crippen LogP contribution in [0.3, 0.4) is 0 Å². The lowest BCUT2D eigenvalue weighted by Crippen LogP contribution is -2.27. The molecule has 132 valence electrons. The molecule has 2 aromatic carbocycles. The van der Waals surface area contributed by atoms with Crippen LogP contribution in [0.5, 0.6) is 5.75 Å². The third kappa shape index (κ3) is 2.75. The predicted octanol–water partition coefficient (Wildman–Crippen LogP) is 2.84. The molecule has 0 aliphatic carbocycles. The van der Waals surface area contributed by atoms with Crippen LogP contribution >= 0.6 is 0 Å². The van der Waals surface area contributed by atoms with E-state index in [0.29, 0.717) is 11.1 Å². The number of carbonyl (C=O) groups excluding carboxylic acids is 2. The number of carbonyl (C=O) groups is 2. The number of nitriles is 1. The lowest BCUT2D eigenvalue weighted by molar-refractivity contribution is 0.0600. The minimum atomic E-state index is -1.05. The van der Waals surface area contributed by atoms with E-state index in [4.69, 9.17) is 4.74 Å². The fourth-order valence-electron chi connectivity index (χ4n) is 3.01. The van der Waals surface area contributed by atoms with Crippen LogP contribution in [0, 0.1) is 17.1 Å². The van der Waals surface area contributed by atoms with E-state index in [0.717, 1.165) is 0 Å². The van der Waals surface area contributed by atoms with Crippen molar-refractivity contribution in [2.24, 2.45) is 0 Å². The highest BCUT2D eigenvalue weighted by Crippen LogP contribution is 2.40. The van der Waals surface area contributed by atoms with Gasteiger partial charge in [-0.25, -0.2) is 9.18 Å². The molecule has 0 radical (unpaired) electrons. The fraction of sp³-hybridized carbons (Fsp3) is 0.211. The van der Waals surface area contributed by atoms with Gasteiger partial charge in [0, 0.05) is 12.1 Å². The first kappa shape index (κ1) is 17.4. The Morgan fingerprint density at radius 3 is 2.50 bits per heavy atom. The van der Waals surface area contributed by atoms with E-state index >= 15 is 0 Å². The van der Waals surface area contributed by atoms with Gasteiger partial charge >= 0.3 is 5.97 Å². The molecular weight excluding hydrogens is 339 g/mol. The summed E-state index contributed by atoms with van der Waals surface area (Å²) < 4.78 is 24.1. The van der Waals surface area contributed by atoms with Gasteiger partial charge in [-0.15, -0.1) is 0 Å². The van der Waals surface area contributed by atoms with Crippen LogP contribution in [-0.2, 0) is 11.3 Å². The van der Waals surface area contributed by atoms with Crippen molar-refractivity contribution in [2.75, 3.05) is 14.2 Å². The molecule has 0 saturated heterocycles. The van der Waals surface area contributed by atoms with Crippen molar-refractivity contribution >= 4 is 11.9 Å². The number of hydrogen-bond donors (Lipinski definition) is 0. The van der Waals surface area contributed by atoms with E-state index < -0.39 is 23.7 Å². The van der Waals surface area contributed by atoms with Gasteiger partial charge in [-0.2, -0.15) is 5.26 Å². The Balaban J connectivity index is 1.94. The quantitative estimate of drug-likeness (QED) is 0.789. The van der Waals surface area contributed by atoms with Crippen molar-refractivity contribution in [3.05, 3.63) is 64.5 Å². The first-order chi connectivity index (χ1) is 12.5. The largest absolute Gasteiger partial charge is 0.496 e. The number of methoxy groups -OCH3 is 2. The van der Waals surface area contributed by atoms with Crippen LogP contribution in [0.25, 0.3) is 0 Å².